The fourth-order valence-corrected chi connectivity index (χ4v) is 1.23. The van der Waals surface area contributed by atoms with Crippen LogP contribution < -0.4 is 5.73 Å². The Labute approximate surface area is 92.9 Å². The number of nitrogens with two attached hydrogens (primary N) is 1. The third-order valence-electron chi connectivity index (χ3n) is 2.05. The zero-order valence-corrected chi connectivity index (χ0v) is 9.39. The normalized spacial score (nSPS) is 11.9. The third-order valence-corrected chi connectivity index (χ3v) is 2.05. The van der Waals surface area contributed by atoms with Gasteiger partial charge in [0, 0.05) is 13.2 Å². The van der Waals surface area contributed by atoms with E-state index in [-0.39, 0.29) is 5.69 Å². The highest BCUT2D eigenvalue weighted by atomic mass is 16.6. The molecule has 6 heteroatoms. The van der Waals surface area contributed by atoms with Crippen molar-refractivity contribution in [3.63, 3.8) is 0 Å². The Kier molecular flexibility index (Phi) is 3.55. The quantitative estimate of drug-likeness (QED) is 0.750. The molecule has 1 rings (SSSR count). The molecule has 0 bridgehead atoms. The van der Waals surface area contributed by atoms with E-state index in [2.05, 4.69) is 4.74 Å². The van der Waals surface area contributed by atoms with Gasteiger partial charge in [0.2, 0.25) is 0 Å². The zero-order valence-electron chi connectivity index (χ0n) is 9.39. The van der Waals surface area contributed by atoms with Crippen molar-refractivity contribution in [1.82, 2.24) is 4.57 Å². The minimum absolute atomic E-state index is 0.285. The van der Waals surface area contributed by atoms with Crippen LogP contribution in [0.4, 0.5) is 5.69 Å². The van der Waals surface area contributed by atoms with Gasteiger partial charge in [-0.25, -0.2) is 9.59 Å². The van der Waals surface area contributed by atoms with E-state index in [4.69, 9.17) is 10.5 Å². The van der Waals surface area contributed by atoms with Gasteiger partial charge in [0.1, 0.15) is 5.69 Å². The summed E-state index contributed by atoms with van der Waals surface area (Å²) < 4.78 is 10.9. The number of nitrogen functional groups attached to an aromatic ring is 1. The van der Waals surface area contributed by atoms with E-state index in [9.17, 15) is 9.59 Å². The van der Waals surface area contributed by atoms with Crippen molar-refractivity contribution in [3.05, 3.63) is 18.0 Å². The van der Waals surface area contributed by atoms with Crippen molar-refractivity contribution in [3.8, 4) is 0 Å². The molecule has 0 aromatic carbocycles. The highest BCUT2D eigenvalue weighted by Gasteiger charge is 2.21. The fraction of sp³-hybridized carbons (Fsp3) is 0.400. The highest BCUT2D eigenvalue weighted by molar-refractivity contribution is 5.91. The van der Waals surface area contributed by atoms with Crippen LogP contribution in [-0.2, 0) is 21.3 Å². The van der Waals surface area contributed by atoms with Gasteiger partial charge in [-0.15, -0.1) is 0 Å². The van der Waals surface area contributed by atoms with Crippen LogP contribution in [0, 0.1) is 0 Å². The molecular weight excluding hydrogens is 212 g/mol. The molecule has 88 valence electrons. The molecule has 1 atom stereocenters. The Morgan fingerprint density at radius 1 is 1.50 bits per heavy atom. The molecule has 0 saturated carbocycles. The number of carbonyl (C=O) groups is 2. The lowest BCUT2D eigenvalue weighted by molar-refractivity contribution is -0.149. The number of esters is 2. The van der Waals surface area contributed by atoms with Gasteiger partial charge in [-0.1, -0.05) is 0 Å². The number of ether oxygens (including phenoxy) is 2. The predicted molar refractivity (Wildman–Crippen MR) is 56.7 cm³/mol. The molecule has 0 fully saturated rings. The Morgan fingerprint density at radius 3 is 2.56 bits per heavy atom. The summed E-state index contributed by atoms with van der Waals surface area (Å²) >= 11 is 0. The molecule has 1 aromatic rings. The van der Waals surface area contributed by atoms with E-state index in [1.807, 2.05) is 0 Å². The van der Waals surface area contributed by atoms with Crippen LogP contribution >= 0.6 is 0 Å². The molecular formula is C10H14N2O4. The number of hydrogen-bond donors (Lipinski definition) is 1. The topological polar surface area (TPSA) is 83.6 Å². The summed E-state index contributed by atoms with van der Waals surface area (Å²) in [5.41, 5.74) is 6.26. The molecule has 0 aliphatic carbocycles. The first-order chi connectivity index (χ1) is 7.45. The molecule has 1 heterocycles. The lowest BCUT2D eigenvalue weighted by atomic mass is 10.4. The number of hydrogen-bond acceptors (Lipinski definition) is 5. The molecule has 0 spiro atoms. The van der Waals surface area contributed by atoms with Gasteiger partial charge in [-0.3, -0.25) is 0 Å². The van der Waals surface area contributed by atoms with Crippen LogP contribution in [0.3, 0.4) is 0 Å². The Hall–Kier alpha value is -1.98. The molecule has 0 aliphatic rings. The first-order valence-corrected chi connectivity index (χ1v) is 4.66. The molecule has 0 aliphatic heterocycles. The predicted octanol–water partition coefficient (Wildman–Crippen LogP) is 0.326. The molecule has 0 saturated heterocycles. The lowest BCUT2D eigenvalue weighted by Gasteiger charge is -2.10. The number of anilines is 1. The van der Waals surface area contributed by atoms with Crippen molar-refractivity contribution < 1.29 is 19.1 Å². The smallest absolute Gasteiger partial charge is 0.355 e. The van der Waals surface area contributed by atoms with Crippen LogP contribution in [0.15, 0.2) is 12.3 Å². The number of aryl methyl sites for hydroxylation is 1. The standard InChI is InChI=1S/C10H14N2O4/c1-6(9(13)15-3)16-10(14)8-4-7(11)5-12(8)2/h4-6H,11H2,1-3H3. The molecule has 1 aromatic heterocycles. The van der Waals surface area contributed by atoms with E-state index in [1.165, 1.54) is 24.7 Å². The second-order valence-corrected chi connectivity index (χ2v) is 3.34. The van der Waals surface area contributed by atoms with Crippen LogP contribution in [0.25, 0.3) is 0 Å². The van der Waals surface area contributed by atoms with Gasteiger partial charge < -0.3 is 19.8 Å². The monoisotopic (exact) mass is 226 g/mol. The summed E-state index contributed by atoms with van der Waals surface area (Å²) in [4.78, 5) is 22.6. The van der Waals surface area contributed by atoms with Crippen LogP contribution in [-0.4, -0.2) is 29.7 Å². The number of nitrogens with zero attached hydrogens (tertiary/aromatic N) is 1. The van der Waals surface area contributed by atoms with Crippen molar-refractivity contribution >= 4 is 17.6 Å². The molecule has 16 heavy (non-hydrogen) atoms. The van der Waals surface area contributed by atoms with Gasteiger partial charge >= 0.3 is 11.9 Å². The Bertz CT molecular complexity index is 411. The van der Waals surface area contributed by atoms with E-state index in [0.717, 1.165) is 0 Å². The van der Waals surface area contributed by atoms with Crippen LogP contribution in [0.2, 0.25) is 0 Å². The zero-order chi connectivity index (χ0) is 12.3. The van der Waals surface area contributed by atoms with Gasteiger partial charge in [0.15, 0.2) is 6.10 Å². The third kappa shape index (κ3) is 2.53. The molecule has 6 nitrogen and oxygen atoms in total. The second kappa shape index (κ2) is 4.69. The number of aromatic nitrogens is 1. The first kappa shape index (κ1) is 12.1. The second-order valence-electron chi connectivity index (χ2n) is 3.34. The van der Waals surface area contributed by atoms with E-state index in [1.54, 1.807) is 13.2 Å². The first-order valence-electron chi connectivity index (χ1n) is 4.66. The number of methoxy groups -OCH3 is 1. The van der Waals surface area contributed by atoms with E-state index < -0.39 is 18.0 Å². The maximum atomic E-state index is 11.6. The number of carbonyl (C=O) groups excluding carboxylic acids is 2. The van der Waals surface area contributed by atoms with Gasteiger partial charge in [0.25, 0.3) is 0 Å². The van der Waals surface area contributed by atoms with E-state index in [0.29, 0.717) is 5.69 Å². The summed E-state index contributed by atoms with van der Waals surface area (Å²) in [7, 11) is 2.89. The molecule has 2 N–H and O–H groups in total. The maximum Gasteiger partial charge on any atom is 0.355 e. The van der Waals surface area contributed by atoms with Crippen LogP contribution in [0.1, 0.15) is 17.4 Å². The molecule has 0 radical (unpaired) electrons. The SMILES string of the molecule is COC(=O)C(C)OC(=O)c1cc(N)cn1C. The minimum atomic E-state index is -0.936. The van der Waals surface area contributed by atoms with Gasteiger partial charge in [-0.2, -0.15) is 0 Å². The van der Waals surface area contributed by atoms with Crippen molar-refractivity contribution in [2.24, 2.45) is 7.05 Å². The summed E-state index contributed by atoms with van der Waals surface area (Å²) in [6.45, 7) is 1.44. The summed E-state index contributed by atoms with van der Waals surface area (Å²) in [6, 6.07) is 1.48. The Balaban J connectivity index is 2.73. The summed E-state index contributed by atoms with van der Waals surface area (Å²) in [5.74, 6) is -1.22. The van der Waals surface area contributed by atoms with Crippen molar-refractivity contribution in [1.29, 1.82) is 0 Å². The largest absolute Gasteiger partial charge is 0.466 e. The Morgan fingerprint density at radius 2 is 2.12 bits per heavy atom. The maximum absolute atomic E-state index is 11.6. The van der Waals surface area contributed by atoms with Crippen molar-refractivity contribution in [2.45, 2.75) is 13.0 Å². The minimum Gasteiger partial charge on any atom is -0.466 e. The summed E-state index contributed by atoms with van der Waals surface area (Å²) in [5, 5.41) is 0. The van der Waals surface area contributed by atoms with Gasteiger partial charge in [-0.05, 0) is 13.0 Å². The molecule has 0 amide bonds. The number of rotatable bonds is 3. The average Bonchev–Trinajstić information content (AvgIpc) is 2.56. The molecule has 1 unspecified atom stereocenters. The lowest BCUT2D eigenvalue weighted by Crippen LogP contribution is -2.26. The highest BCUT2D eigenvalue weighted by Crippen LogP contribution is 2.11. The average molecular weight is 226 g/mol. The fourth-order valence-electron chi connectivity index (χ4n) is 1.23. The van der Waals surface area contributed by atoms with E-state index >= 15 is 0 Å². The van der Waals surface area contributed by atoms with Crippen LogP contribution in [0.5, 0.6) is 0 Å². The van der Waals surface area contributed by atoms with Gasteiger partial charge in [0.05, 0.1) is 12.8 Å². The van der Waals surface area contributed by atoms with Crippen molar-refractivity contribution in [2.75, 3.05) is 12.8 Å². The summed E-state index contributed by atoms with van der Waals surface area (Å²) in [6.07, 6.45) is 0.646.